The second-order valence-corrected chi connectivity index (χ2v) is 4.78. The summed E-state index contributed by atoms with van der Waals surface area (Å²) in [4.78, 5) is 15.5. The third-order valence-corrected chi connectivity index (χ3v) is 3.18. The smallest absolute Gasteiger partial charge is 0.354 e. The number of aryl methyl sites for hydroxylation is 1. The molecule has 22 heavy (non-hydrogen) atoms. The van der Waals surface area contributed by atoms with E-state index in [1.807, 2.05) is 30.3 Å². The van der Waals surface area contributed by atoms with Gasteiger partial charge in [-0.25, -0.2) is 14.3 Å². The number of rotatable bonds is 6. The number of carboxylic acids is 1. The highest BCUT2D eigenvalue weighted by Gasteiger charge is 2.11. The van der Waals surface area contributed by atoms with Crippen LogP contribution in [-0.4, -0.2) is 32.3 Å². The lowest BCUT2D eigenvalue weighted by Crippen LogP contribution is -2.06. The molecule has 0 unspecified atom stereocenters. The molecule has 0 saturated carbocycles. The van der Waals surface area contributed by atoms with Crippen LogP contribution < -0.4 is 4.74 Å². The molecule has 1 aromatic carbocycles. The SMILES string of the molecule is O=C(O)c1cccc2nc(CCCOc3ccccc3)nn12. The van der Waals surface area contributed by atoms with E-state index in [0.717, 1.165) is 12.2 Å². The van der Waals surface area contributed by atoms with Crippen LogP contribution in [0.2, 0.25) is 0 Å². The first-order chi connectivity index (χ1) is 10.7. The molecule has 0 radical (unpaired) electrons. The lowest BCUT2D eigenvalue weighted by atomic mass is 10.3. The predicted octanol–water partition coefficient (Wildman–Crippen LogP) is 2.44. The Kier molecular flexibility index (Phi) is 4.00. The van der Waals surface area contributed by atoms with E-state index in [9.17, 15) is 4.79 Å². The van der Waals surface area contributed by atoms with Gasteiger partial charge in [0.15, 0.2) is 17.2 Å². The van der Waals surface area contributed by atoms with Gasteiger partial charge in [0.2, 0.25) is 0 Å². The van der Waals surface area contributed by atoms with E-state index in [-0.39, 0.29) is 5.69 Å². The van der Waals surface area contributed by atoms with Crippen LogP contribution in [0.4, 0.5) is 0 Å². The summed E-state index contributed by atoms with van der Waals surface area (Å²) < 4.78 is 6.96. The van der Waals surface area contributed by atoms with Crippen molar-refractivity contribution in [2.24, 2.45) is 0 Å². The van der Waals surface area contributed by atoms with Gasteiger partial charge >= 0.3 is 5.97 Å². The van der Waals surface area contributed by atoms with Crippen molar-refractivity contribution in [1.29, 1.82) is 0 Å². The summed E-state index contributed by atoms with van der Waals surface area (Å²) in [6.07, 6.45) is 1.39. The van der Waals surface area contributed by atoms with Crippen LogP contribution in [0.15, 0.2) is 48.5 Å². The molecule has 0 bridgehead atoms. The zero-order chi connectivity index (χ0) is 15.4. The molecule has 0 atom stereocenters. The number of fused-ring (bicyclic) bond motifs is 1. The third-order valence-electron chi connectivity index (χ3n) is 3.18. The van der Waals surface area contributed by atoms with Gasteiger partial charge < -0.3 is 9.84 Å². The van der Waals surface area contributed by atoms with E-state index in [1.165, 1.54) is 10.6 Å². The first-order valence-electron chi connectivity index (χ1n) is 7.00. The highest BCUT2D eigenvalue weighted by Crippen LogP contribution is 2.10. The molecule has 112 valence electrons. The number of para-hydroxylation sites is 1. The summed E-state index contributed by atoms with van der Waals surface area (Å²) in [6.45, 7) is 0.561. The van der Waals surface area contributed by atoms with Gasteiger partial charge in [0.25, 0.3) is 0 Å². The van der Waals surface area contributed by atoms with Crippen molar-refractivity contribution in [2.45, 2.75) is 12.8 Å². The van der Waals surface area contributed by atoms with E-state index in [0.29, 0.717) is 24.5 Å². The Morgan fingerprint density at radius 2 is 1.95 bits per heavy atom. The molecule has 0 saturated heterocycles. The van der Waals surface area contributed by atoms with Crippen molar-refractivity contribution in [3.8, 4) is 5.75 Å². The number of hydrogen-bond donors (Lipinski definition) is 1. The van der Waals surface area contributed by atoms with Gasteiger partial charge in [-0.3, -0.25) is 0 Å². The van der Waals surface area contributed by atoms with Crippen molar-refractivity contribution >= 4 is 11.6 Å². The minimum absolute atomic E-state index is 0.108. The molecule has 0 fully saturated rings. The van der Waals surface area contributed by atoms with Crippen LogP contribution in [-0.2, 0) is 6.42 Å². The van der Waals surface area contributed by atoms with Gasteiger partial charge in [-0.15, -0.1) is 0 Å². The van der Waals surface area contributed by atoms with Crippen LogP contribution >= 0.6 is 0 Å². The Morgan fingerprint density at radius 3 is 2.73 bits per heavy atom. The number of carbonyl (C=O) groups is 1. The zero-order valence-corrected chi connectivity index (χ0v) is 11.8. The van der Waals surface area contributed by atoms with Gasteiger partial charge in [-0.1, -0.05) is 24.3 Å². The van der Waals surface area contributed by atoms with Crippen LogP contribution in [0.25, 0.3) is 5.65 Å². The number of hydrogen-bond acceptors (Lipinski definition) is 4. The highest BCUT2D eigenvalue weighted by atomic mass is 16.5. The summed E-state index contributed by atoms with van der Waals surface area (Å²) in [5, 5.41) is 13.4. The molecule has 0 aliphatic heterocycles. The fourth-order valence-electron chi connectivity index (χ4n) is 2.15. The lowest BCUT2D eigenvalue weighted by molar-refractivity contribution is 0.0687. The molecule has 1 N–H and O–H groups in total. The molecule has 0 aliphatic carbocycles. The van der Waals surface area contributed by atoms with Crippen molar-refractivity contribution in [3.63, 3.8) is 0 Å². The van der Waals surface area contributed by atoms with E-state index < -0.39 is 5.97 Å². The number of nitrogens with zero attached hydrogens (tertiary/aromatic N) is 3. The Balaban J connectivity index is 1.62. The van der Waals surface area contributed by atoms with Crippen molar-refractivity contribution < 1.29 is 14.6 Å². The zero-order valence-electron chi connectivity index (χ0n) is 11.8. The number of aromatic carboxylic acids is 1. The molecule has 6 nitrogen and oxygen atoms in total. The fraction of sp³-hybridized carbons (Fsp3) is 0.188. The Morgan fingerprint density at radius 1 is 1.14 bits per heavy atom. The number of pyridine rings is 1. The normalized spacial score (nSPS) is 10.7. The highest BCUT2D eigenvalue weighted by molar-refractivity contribution is 5.86. The number of ether oxygens (including phenoxy) is 1. The Bertz CT molecular complexity index is 784. The predicted molar refractivity (Wildman–Crippen MR) is 80.2 cm³/mol. The second-order valence-electron chi connectivity index (χ2n) is 4.78. The molecule has 2 aromatic heterocycles. The maximum Gasteiger partial charge on any atom is 0.354 e. The maximum atomic E-state index is 11.1. The fourth-order valence-corrected chi connectivity index (χ4v) is 2.15. The van der Waals surface area contributed by atoms with Gasteiger partial charge in [0.1, 0.15) is 5.75 Å². The Hall–Kier alpha value is -2.89. The van der Waals surface area contributed by atoms with Crippen molar-refractivity contribution in [2.75, 3.05) is 6.61 Å². The average molecular weight is 297 g/mol. The second kappa shape index (κ2) is 6.26. The first-order valence-corrected chi connectivity index (χ1v) is 7.00. The molecule has 2 heterocycles. The molecule has 3 aromatic rings. The number of benzene rings is 1. The Labute approximate surface area is 127 Å². The topological polar surface area (TPSA) is 76.7 Å². The standard InChI is InChI=1S/C16H15N3O3/c20-16(21)13-8-4-10-15-17-14(18-19(13)15)9-5-11-22-12-6-2-1-3-7-12/h1-4,6-8,10H,5,9,11H2,(H,20,21). The summed E-state index contributed by atoms with van der Waals surface area (Å²) in [5.41, 5.74) is 0.649. The summed E-state index contributed by atoms with van der Waals surface area (Å²) in [7, 11) is 0. The quantitative estimate of drug-likeness (QED) is 0.707. The molecule has 0 spiro atoms. The van der Waals surface area contributed by atoms with E-state index in [2.05, 4.69) is 10.1 Å². The minimum atomic E-state index is -1.02. The summed E-state index contributed by atoms with van der Waals surface area (Å²) >= 11 is 0. The largest absolute Gasteiger partial charge is 0.494 e. The van der Waals surface area contributed by atoms with Crippen molar-refractivity contribution in [3.05, 3.63) is 60.0 Å². The molecule has 6 heteroatoms. The third kappa shape index (κ3) is 3.06. The van der Waals surface area contributed by atoms with E-state index in [1.54, 1.807) is 12.1 Å². The van der Waals surface area contributed by atoms with Gasteiger partial charge in [0.05, 0.1) is 6.61 Å². The average Bonchev–Trinajstić information content (AvgIpc) is 2.95. The van der Waals surface area contributed by atoms with Crippen LogP contribution in [0.1, 0.15) is 22.7 Å². The molecule has 0 amide bonds. The van der Waals surface area contributed by atoms with Crippen molar-refractivity contribution in [1.82, 2.24) is 14.6 Å². The van der Waals surface area contributed by atoms with Gasteiger partial charge in [0, 0.05) is 6.42 Å². The van der Waals surface area contributed by atoms with Gasteiger partial charge in [-0.2, -0.15) is 5.10 Å². The van der Waals surface area contributed by atoms with Crippen LogP contribution in [0, 0.1) is 0 Å². The number of carboxylic acid groups (broad SMARTS) is 1. The molecule has 3 rings (SSSR count). The van der Waals surface area contributed by atoms with Crippen LogP contribution in [0.3, 0.4) is 0 Å². The van der Waals surface area contributed by atoms with Crippen LogP contribution in [0.5, 0.6) is 5.75 Å². The number of aromatic nitrogens is 3. The van der Waals surface area contributed by atoms with Gasteiger partial charge in [-0.05, 0) is 30.7 Å². The minimum Gasteiger partial charge on any atom is -0.494 e. The first kappa shape index (κ1) is 14.1. The monoisotopic (exact) mass is 297 g/mol. The lowest BCUT2D eigenvalue weighted by Gasteiger charge is -2.04. The summed E-state index contributed by atoms with van der Waals surface area (Å²) in [6, 6.07) is 14.5. The molecular weight excluding hydrogens is 282 g/mol. The maximum absolute atomic E-state index is 11.1. The van der Waals surface area contributed by atoms with E-state index >= 15 is 0 Å². The molecule has 0 aliphatic rings. The molecular formula is C16H15N3O3. The van der Waals surface area contributed by atoms with E-state index in [4.69, 9.17) is 9.84 Å². The summed E-state index contributed by atoms with van der Waals surface area (Å²) in [5.74, 6) is 0.429.